The van der Waals surface area contributed by atoms with E-state index in [0.29, 0.717) is 35.1 Å². The van der Waals surface area contributed by atoms with Crippen LogP contribution in [0.3, 0.4) is 0 Å². The molecule has 2 aliphatic rings. The molecule has 5 heterocycles. The predicted molar refractivity (Wildman–Crippen MR) is 403 cm³/mol. The fourth-order valence-electron chi connectivity index (χ4n) is 14.9. The third-order valence-corrected chi connectivity index (χ3v) is 20.5. The summed E-state index contributed by atoms with van der Waals surface area (Å²) < 4.78 is 6.19. The van der Waals surface area contributed by atoms with E-state index < -0.39 is 0 Å². The first-order chi connectivity index (χ1) is 46.2. The van der Waals surface area contributed by atoms with Crippen molar-refractivity contribution in [1.82, 2.24) is 39.9 Å². The average Bonchev–Trinajstić information content (AvgIpc) is 1.60. The van der Waals surface area contributed by atoms with E-state index in [1.54, 1.807) is 0 Å². The minimum atomic E-state index is -0.277. The minimum absolute atomic E-state index is 0. The summed E-state index contributed by atoms with van der Waals surface area (Å²) in [7, 11) is 0. The zero-order chi connectivity index (χ0) is 66.0. The van der Waals surface area contributed by atoms with Crippen molar-refractivity contribution in [2.45, 2.75) is 312 Å². The van der Waals surface area contributed by atoms with Crippen LogP contribution in [0, 0.1) is 0 Å². The second kappa shape index (κ2) is 39.9. The van der Waals surface area contributed by atoms with Crippen molar-refractivity contribution in [2.24, 2.45) is 0 Å². The van der Waals surface area contributed by atoms with Gasteiger partial charge in [-0.3, -0.25) is 0 Å². The largest absolute Gasteiger partial charge is 0.451 e. The van der Waals surface area contributed by atoms with E-state index in [0.717, 1.165) is 208 Å². The van der Waals surface area contributed by atoms with Crippen LogP contribution >= 0.6 is 11.8 Å². The van der Waals surface area contributed by atoms with E-state index >= 15 is 0 Å². The molecule has 7 aromatic rings. The van der Waals surface area contributed by atoms with Gasteiger partial charge < -0.3 is 14.7 Å². The number of unbranched alkanes of at least 4 members (excludes halogenated alkanes) is 24. The number of fused-ring (bicyclic) bond motifs is 20. The van der Waals surface area contributed by atoms with Crippen LogP contribution in [0.25, 0.3) is 89.7 Å². The molecule has 2 N–H and O–H groups in total. The zero-order valence-corrected chi connectivity index (χ0v) is 64.4. The number of hydrogen-bond donors (Lipinski definition) is 2. The Balaban J connectivity index is 0.0000116. The molecule has 510 valence electrons. The second-order valence-corrected chi connectivity index (χ2v) is 28.5. The smallest absolute Gasteiger partial charge is 0.339 e. The Morgan fingerprint density at radius 1 is 0.337 bits per heavy atom. The summed E-state index contributed by atoms with van der Waals surface area (Å²) in [5, 5.41) is 4.32. The van der Waals surface area contributed by atoms with Crippen LogP contribution in [0.5, 0.6) is 0 Å². The average molecular weight is 1360 g/mol. The molecule has 0 saturated heterocycles. The van der Waals surface area contributed by atoms with Gasteiger partial charge in [-0.2, -0.15) is 0 Å². The fraction of sp³-hybridized carbons (Fsp3) is 0.602. The molecule has 0 spiro atoms. The second-order valence-electron chi connectivity index (χ2n) is 27.6. The van der Waals surface area contributed by atoms with E-state index in [1.165, 1.54) is 165 Å². The van der Waals surface area contributed by atoms with Crippen molar-refractivity contribution in [3.8, 4) is 45.6 Å². The number of hydrogen-bond acceptors (Lipinski definition) is 9. The van der Waals surface area contributed by atoms with Gasteiger partial charge >= 0.3 is 5.97 Å². The molecule has 0 aliphatic carbocycles. The van der Waals surface area contributed by atoms with Gasteiger partial charge in [0, 0.05) is 63.3 Å². The number of nitrogens with one attached hydrogen (secondary N) is 2. The number of aromatic nitrogens is 8. The van der Waals surface area contributed by atoms with Crippen molar-refractivity contribution in [3.05, 3.63) is 92.5 Å². The number of carbonyl (C=O) groups is 1. The molecule has 4 aromatic carbocycles. The summed E-state index contributed by atoms with van der Waals surface area (Å²) in [5.74, 6) is 2.80. The number of esters is 1. The Morgan fingerprint density at radius 2 is 0.600 bits per heavy atom. The van der Waals surface area contributed by atoms with Crippen LogP contribution in [0.2, 0.25) is 0 Å². The maximum atomic E-state index is 15.0. The van der Waals surface area contributed by atoms with E-state index in [-0.39, 0.29) is 31.4 Å². The zero-order valence-electron chi connectivity index (χ0n) is 60.6. The molecule has 0 saturated carbocycles. The normalized spacial score (nSPS) is 11.9. The van der Waals surface area contributed by atoms with Crippen LogP contribution in [0.4, 0.5) is 0 Å². The molecular formula is C83H118N8O2SZn. The van der Waals surface area contributed by atoms with Gasteiger partial charge in [-0.25, -0.2) is 34.7 Å². The van der Waals surface area contributed by atoms with Crippen molar-refractivity contribution in [2.75, 3.05) is 12.2 Å². The number of thioether (sulfide) groups is 1. The number of aromatic amines is 2. The number of rotatable bonds is 43. The maximum Gasteiger partial charge on any atom is 0.339 e. The van der Waals surface area contributed by atoms with Gasteiger partial charge in [-0.15, -0.1) is 11.8 Å². The van der Waals surface area contributed by atoms with Gasteiger partial charge in [-0.1, -0.05) is 246 Å². The van der Waals surface area contributed by atoms with Crippen molar-refractivity contribution < 1.29 is 29.0 Å². The van der Waals surface area contributed by atoms with Gasteiger partial charge in [0.2, 0.25) is 0 Å². The summed E-state index contributed by atoms with van der Waals surface area (Å²) in [4.78, 5) is 58.8. The number of aryl methyl sites for hydroxylation is 8. The van der Waals surface area contributed by atoms with Gasteiger partial charge in [0.15, 0.2) is 23.3 Å². The van der Waals surface area contributed by atoms with E-state index in [4.69, 9.17) is 34.6 Å². The van der Waals surface area contributed by atoms with Crippen LogP contribution < -0.4 is 0 Å². The molecular weight excluding hydrogens is 1240 g/mol. The summed E-state index contributed by atoms with van der Waals surface area (Å²) in [6.45, 7) is 18.4. The molecule has 0 atom stereocenters. The van der Waals surface area contributed by atoms with E-state index in [9.17, 15) is 4.79 Å². The third-order valence-electron chi connectivity index (χ3n) is 20.2. The number of ether oxygens (including phenoxy) is 1. The first-order valence-electron chi connectivity index (χ1n) is 38.4. The SMILES string of the molecule is CCCCCCc1ccc(CCCCCC)c2c1-c1nc-2nc2[nH]c(nc3nc(nc4[nH]c(n1)c1c(CCCCCC)ccc(CCCCCC)c41)-c1c(CCCCCC)ccc(CCCCCC)c1-3)c1c(CCCCCC)c(C(=O)OCSC)cc(CCCCCC)c21.[Zn]. The third kappa shape index (κ3) is 19.3. The minimum Gasteiger partial charge on any atom is -0.451 e. The molecule has 0 amide bonds. The van der Waals surface area contributed by atoms with Gasteiger partial charge in [0.25, 0.3) is 0 Å². The molecule has 95 heavy (non-hydrogen) atoms. The molecule has 10 nitrogen and oxygen atoms in total. The van der Waals surface area contributed by atoms with Crippen LogP contribution in [0.15, 0.2) is 42.5 Å². The van der Waals surface area contributed by atoms with Crippen LogP contribution in [-0.4, -0.2) is 58.0 Å². The van der Waals surface area contributed by atoms with E-state index in [1.807, 2.05) is 6.26 Å². The topological polar surface area (TPSA) is 135 Å². The molecule has 0 radical (unpaired) electrons. The van der Waals surface area contributed by atoms with E-state index in [2.05, 4.69) is 108 Å². The van der Waals surface area contributed by atoms with Crippen molar-refractivity contribution in [1.29, 1.82) is 0 Å². The molecule has 12 heteroatoms. The maximum absolute atomic E-state index is 15.0. The summed E-state index contributed by atoms with van der Waals surface area (Å²) in [5.41, 5.74) is 17.9. The van der Waals surface area contributed by atoms with Crippen LogP contribution in [-0.2, 0) is 75.6 Å². The summed E-state index contributed by atoms with van der Waals surface area (Å²) in [6, 6.07) is 16.7. The molecule has 2 aliphatic heterocycles. The van der Waals surface area contributed by atoms with Crippen molar-refractivity contribution >= 4 is 61.9 Å². The number of carbonyl (C=O) groups excluding carboxylic acids is 1. The molecule has 3 aromatic heterocycles. The fourth-order valence-corrected chi connectivity index (χ4v) is 15.2. The summed E-state index contributed by atoms with van der Waals surface area (Å²) >= 11 is 1.53. The Bertz CT molecular complexity index is 3730. The Kier molecular flexibility index (Phi) is 31.7. The first-order valence-corrected chi connectivity index (χ1v) is 39.8. The monoisotopic (exact) mass is 1350 g/mol. The molecule has 0 fully saturated rings. The van der Waals surface area contributed by atoms with Gasteiger partial charge in [0.05, 0.1) is 5.56 Å². The Morgan fingerprint density at radius 3 is 0.905 bits per heavy atom. The first kappa shape index (κ1) is 75.5. The van der Waals surface area contributed by atoms with Gasteiger partial charge in [0.1, 0.15) is 28.5 Å². The predicted octanol–water partition coefficient (Wildman–Crippen LogP) is 24.3. The van der Waals surface area contributed by atoms with Crippen LogP contribution in [0.1, 0.15) is 316 Å². The van der Waals surface area contributed by atoms with Crippen molar-refractivity contribution in [3.63, 3.8) is 0 Å². The number of benzene rings is 4. The molecule has 0 unspecified atom stereocenters. The quantitative estimate of drug-likeness (QED) is 0.0166. The number of H-pyrrole nitrogens is 2. The molecule has 9 rings (SSSR count). The summed E-state index contributed by atoms with van der Waals surface area (Å²) in [6.07, 6.45) is 45.6. The Labute approximate surface area is 589 Å². The standard InChI is InChI=1S/C83H118N8O2S.Zn/c1-10-18-26-34-42-58-50-51-59(43-35-27-19-11-2)68-67(58)75-84-76(68)86-78-71-62(46-38-30-22-14-5)54-55-63(47-39-31-23-15-6)72(71)80(88-78)90-82-74-65(49-41-33-25-17-8)66(83(92)93-57-94-9)56-64(48-40-32-24-16-7)73(74)81(91-82)89-79-70-61(45-37-29-21-13-4)53-52-60(44-36-28-20-12-3)69(70)77(85-75)87-79;/h50-56H,10-49,57H2,1-9H3,(H2,84,85,86,87,88,89,90,91);. The number of nitrogens with zero attached hydrogens (tertiary/aromatic N) is 6. The molecule has 8 bridgehead atoms. The Hall–Kier alpha value is -5.32. The van der Waals surface area contributed by atoms with Gasteiger partial charge in [-0.05, 0) is 160 Å².